The molecule has 0 fully saturated rings. The molecule has 1 rings (SSSR count). The van der Waals surface area contributed by atoms with E-state index in [0.29, 0.717) is 0 Å². The molecule has 0 aromatic heterocycles. The van der Waals surface area contributed by atoms with Gasteiger partial charge in [0.2, 0.25) is 0 Å². The molecule has 1 aromatic rings. The fourth-order valence-corrected chi connectivity index (χ4v) is 2.19. The molecule has 21 heavy (non-hydrogen) atoms. The Morgan fingerprint density at radius 2 is 1.81 bits per heavy atom. The van der Waals surface area contributed by atoms with Crippen molar-refractivity contribution in [3.05, 3.63) is 42.5 Å². The number of hydrogen-bond donors (Lipinski definition) is 1. The second-order valence-electron chi connectivity index (χ2n) is 6.54. The van der Waals surface area contributed by atoms with Gasteiger partial charge in [-0.2, -0.15) is 0 Å². The van der Waals surface area contributed by atoms with Gasteiger partial charge in [0.25, 0.3) is 0 Å². The molecule has 1 N–H and O–H groups in total. The van der Waals surface area contributed by atoms with Crippen molar-refractivity contribution in [3.63, 3.8) is 0 Å². The van der Waals surface area contributed by atoms with Crippen LogP contribution in [0.3, 0.4) is 0 Å². The third-order valence-electron chi connectivity index (χ3n) is 3.32. The minimum Gasteiger partial charge on any atom is -0.493 e. The summed E-state index contributed by atoms with van der Waals surface area (Å²) in [5.41, 5.74) is 1.46. The van der Waals surface area contributed by atoms with Crippen LogP contribution < -0.4 is 10.1 Å². The molecule has 0 heterocycles. The first kappa shape index (κ1) is 17.8. The molecule has 0 radical (unpaired) electrons. The summed E-state index contributed by atoms with van der Waals surface area (Å²) in [6.07, 6.45) is 7.65. The van der Waals surface area contributed by atoms with Gasteiger partial charge in [0, 0.05) is 5.54 Å². The molecule has 2 heteroatoms. The minimum atomic E-state index is 0.234. The maximum absolute atomic E-state index is 5.89. The Balaban J connectivity index is 2.10. The molecule has 0 amide bonds. The molecule has 0 spiro atoms. The SMILES string of the molecule is C=CCc1ccccc1OCCCCCCNC(C)(C)C. The van der Waals surface area contributed by atoms with E-state index >= 15 is 0 Å². The maximum atomic E-state index is 5.89. The van der Waals surface area contributed by atoms with Crippen molar-refractivity contribution in [3.8, 4) is 5.75 Å². The molecule has 118 valence electrons. The van der Waals surface area contributed by atoms with E-state index in [1.165, 1.54) is 24.8 Å². The van der Waals surface area contributed by atoms with E-state index in [1.54, 1.807) is 0 Å². The zero-order valence-electron chi connectivity index (χ0n) is 14.0. The normalized spacial score (nSPS) is 11.4. The fraction of sp³-hybridized carbons (Fsp3) is 0.579. The van der Waals surface area contributed by atoms with Crippen LogP contribution in [0.4, 0.5) is 0 Å². The van der Waals surface area contributed by atoms with Gasteiger partial charge in [-0.25, -0.2) is 0 Å². The van der Waals surface area contributed by atoms with E-state index in [-0.39, 0.29) is 5.54 Å². The van der Waals surface area contributed by atoms with Crippen molar-refractivity contribution in [1.82, 2.24) is 5.32 Å². The molecular weight excluding hydrogens is 258 g/mol. The summed E-state index contributed by atoms with van der Waals surface area (Å²) in [5.74, 6) is 1.01. The monoisotopic (exact) mass is 289 g/mol. The Morgan fingerprint density at radius 3 is 2.52 bits per heavy atom. The quantitative estimate of drug-likeness (QED) is 0.496. The van der Waals surface area contributed by atoms with E-state index in [2.05, 4.69) is 38.7 Å². The van der Waals surface area contributed by atoms with E-state index in [1.807, 2.05) is 24.3 Å². The third kappa shape index (κ3) is 8.56. The molecule has 0 saturated heterocycles. The lowest BCUT2D eigenvalue weighted by molar-refractivity contribution is 0.301. The highest BCUT2D eigenvalue weighted by atomic mass is 16.5. The largest absolute Gasteiger partial charge is 0.493 e. The van der Waals surface area contributed by atoms with Crippen LogP contribution in [-0.4, -0.2) is 18.7 Å². The number of unbranched alkanes of at least 4 members (excludes halogenated alkanes) is 3. The molecule has 0 aliphatic carbocycles. The predicted octanol–water partition coefficient (Wildman–Crippen LogP) is 4.74. The van der Waals surface area contributed by atoms with Crippen molar-refractivity contribution in [2.24, 2.45) is 0 Å². The van der Waals surface area contributed by atoms with E-state index in [9.17, 15) is 0 Å². The molecule has 1 aromatic carbocycles. The van der Waals surface area contributed by atoms with Crippen LogP contribution in [0.25, 0.3) is 0 Å². The van der Waals surface area contributed by atoms with E-state index in [0.717, 1.165) is 31.7 Å². The second kappa shape index (κ2) is 9.62. The van der Waals surface area contributed by atoms with Gasteiger partial charge in [0.15, 0.2) is 0 Å². The van der Waals surface area contributed by atoms with Gasteiger partial charge >= 0.3 is 0 Å². The van der Waals surface area contributed by atoms with Gasteiger partial charge in [0.1, 0.15) is 5.75 Å². The number of benzene rings is 1. The average Bonchev–Trinajstić information content (AvgIpc) is 2.42. The highest BCUT2D eigenvalue weighted by Gasteiger charge is 2.06. The van der Waals surface area contributed by atoms with E-state index < -0.39 is 0 Å². The first-order valence-corrected chi connectivity index (χ1v) is 8.09. The van der Waals surface area contributed by atoms with Gasteiger partial charge in [-0.1, -0.05) is 37.1 Å². The number of nitrogens with one attached hydrogen (secondary N) is 1. The smallest absolute Gasteiger partial charge is 0.122 e. The second-order valence-corrected chi connectivity index (χ2v) is 6.54. The molecule has 0 aliphatic rings. The number of para-hydroxylation sites is 1. The van der Waals surface area contributed by atoms with Crippen LogP contribution in [0.2, 0.25) is 0 Å². The summed E-state index contributed by atoms with van der Waals surface area (Å²) < 4.78 is 5.89. The topological polar surface area (TPSA) is 21.3 Å². The van der Waals surface area contributed by atoms with Crippen molar-refractivity contribution < 1.29 is 4.74 Å². The number of ether oxygens (including phenoxy) is 1. The summed E-state index contributed by atoms with van der Waals surface area (Å²) in [5, 5.41) is 3.52. The lowest BCUT2D eigenvalue weighted by atomic mass is 10.1. The summed E-state index contributed by atoms with van der Waals surface area (Å²) in [6, 6.07) is 8.23. The van der Waals surface area contributed by atoms with Gasteiger partial charge in [-0.05, 0) is 58.2 Å². The molecule has 0 aliphatic heterocycles. The van der Waals surface area contributed by atoms with Crippen LogP contribution in [-0.2, 0) is 6.42 Å². The highest BCUT2D eigenvalue weighted by Crippen LogP contribution is 2.19. The standard InChI is InChI=1S/C19H31NO/c1-5-12-17-13-8-9-14-18(17)21-16-11-7-6-10-15-20-19(2,3)4/h5,8-9,13-14,20H,1,6-7,10-12,15-16H2,2-4H3. The molecular formula is C19H31NO. The Kier molecular flexibility index (Phi) is 8.14. The van der Waals surface area contributed by atoms with Crippen molar-refractivity contribution in [2.75, 3.05) is 13.2 Å². The van der Waals surface area contributed by atoms with Crippen molar-refractivity contribution >= 4 is 0 Å². The Hall–Kier alpha value is -1.28. The minimum absolute atomic E-state index is 0.234. The van der Waals surface area contributed by atoms with Gasteiger partial charge < -0.3 is 10.1 Å². The predicted molar refractivity (Wildman–Crippen MR) is 92.1 cm³/mol. The van der Waals surface area contributed by atoms with Crippen LogP contribution in [0.5, 0.6) is 5.75 Å². The first-order valence-electron chi connectivity index (χ1n) is 8.09. The van der Waals surface area contributed by atoms with Crippen molar-refractivity contribution in [1.29, 1.82) is 0 Å². The summed E-state index contributed by atoms with van der Waals surface area (Å²) in [7, 11) is 0. The molecule has 0 atom stereocenters. The van der Waals surface area contributed by atoms with Crippen LogP contribution in [0.1, 0.15) is 52.0 Å². The lowest BCUT2D eigenvalue weighted by Gasteiger charge is -2.20. The van der Waals surface area contributed by atoms with Crippen LogP contribution in [0, 0.1) is 0 Å². The maximum Gasteiger partial charge on any atom is 0.122 e. The van der Waals surface area contributed by atoms with Gasteiger partial charge in [-0.15, -0.1) is 6.58 Å². The number of rotatable bonds is 10. The average molecular weight is 289 g/mol. The Bertz CT molecular complexity index is 406. The van der Waals surface area contributed by atoms with Gasteiger partial charge in [-0.3, -0.25) is 0 Å². The molecule has 2 nitrogen and oxygen atoms in total. The molecule has 0 bridgehead atoms. The first-order chi connectivity index (χ1) is 10.0. The highest BCUT2D eigenvalue weighted by molar-refractivity contribution is 5.34. The summed E-state index contributed by atoms with van der Waals surface area (Å²) in [4.78, 5) is 0. The third-order valence-corrected chi connectivity index (χ3v) is 3.32. The van der Waals surface area contributed by atoms with Gasteiger partial charge in [0.05, 0.1) is 6.61 Å². The fourth-order valence-electron chi connectivity index (χ4n) is 2.19. The zero-order chi connectivity index (χ0) is 15.6. The summed E-state index contributed by atoms with van der Waals surface area (Å²) in [6.45, 7) is 12.3. The zero-order valence-corrected chi connectivity index (χ0v) is 14.0. The molecule has 0 saturated carbocycles. The number of allylic oxidation sites excluding steroid dienone is 1. The van der Waals surface area contributed by atoms with Crippen LogP contribution >= 0.6 is 0 Å². The Morgan fingerprint density at radius 1 is 1.10 bits per heavy atom. The number of hydrogen-bond acceptors (Lipinski definition) is 2. The lowest BCUT2D eigenvalue weighted by Crippen LogP contribution is -2.36. The van der Waals surface area contributed by atoms with E-state index in [4.69, 9.17) is 4.74 Å². The van der Waals surface area contributed by atoms with Crippen LogP contribution in [0.15, 0.2) is 36.9 Å². The Labute approximate surface area is 130 Å². The summed E-state index contributed by atoms with van der Waals surface area (Å²) >= 11 is 0. The molecule has 0 unspecified atom stereocenters. The van der Waals surface area contributed by atoms with Crippen molar-refractivity contribution in [2.45, 2.75) is 58.4 Å².